The predicted molar refractivity (Wildman–Crippen MR) is 114 cm³/mol. The minimum atomic E-state index is -0.115. The molecular weight excluding hydrogens is 364 g/mol. The Balaban J connectivity index is 1.30. The van der Waals surface area contributed by atoms with Gasteiger partial charge in [0.05, 0.1) is 12.7 Å². The fraction of sp³-hybridized carbons (Fsp3) is 0.167. The molecule has 5 heteroatoms. The number of nitrogens with one attached hydrogen (secondary N) is 2. The number of anilines is 2. The maximum Gasteiger partial charge on any atom is 0.228 e. The molecule has 1 aliphatic carbocycles. The number of amides is 2. The van der Waals surface area contributed by atoms with Crippen LogP contribution >= 0.6 is 0 Å². The van der Waals surface area contributed by atoms with Gasteiger partial charge in [0.1, 0.15) is 5.58 Å². The van der Waals surface area contributed by atoms with Crippen LogP contribution in [0.2, 0.25) is 0 Å². The van der Waals surface area contributed by atoms with Gasteiger partial charge in [0.25, 0.3) is 0 Å². The first-order chi connectivity index (χ1) is 14.2. The fourth-order valence-corrected chi connectivity index (χ4v) is 3.61. The molecule has 0 saturated heterocycles. The highest BCUT2D eigenvalue weighted by molar-refractivity contribution is 6.09. The van der Waals surface area contributed by atoms with Crippen molar-refractivity contribution in [1.82, 2.24) is 0 Å². The number of rotatable bonds is 5. The van der Waals surface area contributed by atoms with Gasteiger partial charge in [-0.3, -0.25) is 9.59 Å². The minimum Gasteiger partial charge on any atom is -0.464 e. The van der Waals surface area contributed by atoms with Crippen molar-refractivity contribution in [3.63, 3.8) is 0 Å². The summed E-state index contributed by atoms with van der Waals surface area (Å²) >= 11 is 0. The van der Waals surface area contributed by atoms with Crippen LogP contribution in [0.3, 0.4) is 0 Å². The van der Waals surface area contributed by atoms with Crippen molar-refractivity contribution in [3.8, 4) is 0 Å². The van der Waals surface area contributed by atoms with Crippen LogP contribution < -0.4 is 10.6 Å². The Morgan fingerprint density at radius 2 is 1.62 bits per heavy atom. The first-order valence-corrected chi connectivity index (χ1v) is 9.76. The van der Waals surface area contributed by atoms with Gasteiger partial charge in [-0.2, -0.15) is 0 Å². The lowest BCUT2D eigenvalue weighted by Crippen LogP contribution is -2.15. The van der Waals surface area contributed by atoms with E-state index in [4.69, 9.17) is 4.42 Å². The van der Waals surface area contributed by atoms with Crippen molar-refractivity contribution < 1.29 is 14.0 Å². The highest BCUT2D eigenvalue weighted by Gasteiger charge is 2.29. The van der Waals surface area contributed by atoms with Crippen LogP contribution in [-0.4, -0.2) is 11.8 Å². The van der Waals surface area contributed by atoms with Crippen LogP contribution in [0, 0.1) is 5.92 Å². The van der Waals surface area contributed by atoms with Crippen molar-refractivity contribution in [2.24, 2.45) is 5.92 Å². The Kier molecular flexibility index (Phi) is 4.28. The first-order valence-electron chi connectivity index (χ1n) is 9.76. The summed E-state index contributed by atoms with van der Waals surface area (Å²) in [7, 11) is 0. The van der Waals surface area contributed by atoms with E-state index < -0.39 is 0 Å². The van der Waals surface area contributed by atoms with Gasteiger partial charge >= 0.3 is 0 Å². The highest BCUT2D eigenvalue weighted by Crippen LogP contribution is 2.31. The molecule has 5 nitrogen and oxygen atoms in total. The van der Waals surface area contributed by atoms with E-state index in [-0.39, 0.29) is 24.2 Å². The third-order valence-electron chi connectivity index (χ3n) is 5.28. The average Bonchev–Trinajstić information content (AvgIpc) is 3.51. The summed E-state index contributed by atoms with van der Waals surface area (Å²) in [5.74, 6) is 0.117. The number of hydrogen-bond donors (Lipinski definition) is 2. The van der Waals surface area contributed by atoms with E-state index in [1.54, 1.807) is 30.5 Å². The molecule has 4 aromatic rings. The Bertz CT molecular complexity index is 1220. The zero-order valence-electron chi connectivity index (χ0n) is 15.8. The third-order valence-corrected chi connectivity index (χ3v) is 5.28. The summed E-state index contributed by atoms with van der Waals surface area (Å²) in [4.78, 5) is 24.4. The van der Waals surface area contributed by atoms with Crippen molar-refractivity contribution >= 4 is 44.9 Å². The molecule has 0 aliphatic heterocycles. The second-order valence-corrected chi connectivity index (χ2v) is 7.49. The van der Waals surface area contributed by atoms with Crippen LogP contribution in [0.1, 0.15) is 18.4 Å². The van der Waals surface area contributed by atoms with Crippen molar-refractivity contribution in [3.05, 3.63) is 72.5 Å². The smallest absolute Gasteiger partial charge is 0.228 e. The summed E-state index contributed by atoms with van der Waals surface area (Å²) in [5, 5.41) is 8.99. The van der Waals surface area contributed by atoms with E-state index in [9.17, 15) is 9.59 Å². The lowest BCUT2D eigenvalue weighted by atomic mass is 10.0. The van der Waals surface area contributed by atoms with Gasteiger partial charge in [0.2, 0.25) is 11.8 Å². The maximum atomic E-state index is 12.6. The van der Waals surface area contributed by atoms with E-state index >= 15 is 0 Å². The molecule has 144 valence electrons. The average molecular weight is 384 g/mol. The quantitative estimate of drug-likeness (QED) is 0.502. The molecule has 1 aliphatic rings. The second kappa shape index (κ2) is 7.09. The first kappa shape index (κ1) is 17.5. The van der Waals surface area contributed by atoms with Crippen molar-refractivity contribution in [2.75, 3.05) is 10.6 Å². The summed E-state index contributed by atoms with van der Waals surface area (Å²) in [5.41, 5.74) is 3.08. The molecule has 0 atom stereocenters. The van der Waals surface area contributed by atoms with Gasteiger partial charge in [0, 0.05) is 28.2 Å². The summed E-state index contributed by atoms with van der Waals surface area (Å²) in [6, 6.07) is 19.2. The number of fused-ring (bicyclic) bond motifs is 3. The van der Waals surface area contributed by atoms with Gasteiger partial charge in [-0.1, -0.05) is 30.3 Å². The van der Waals surface area contributed by atoms with Crippen LogP contribution in [0.25, 0.3) is 21.7 Å². The molecule has 3 aromatic carbocycles. The number of furan rings is 1. The molecule has 1 saturated carbocycles. The zero-order valence-corrected chi connectivity index (χ0v) is 15.8. The molecule has 0 spiro atoms. The summed E-state index contributed by atoms with van der Waals surface area (Å²) in [6.07, 6.45) is 3.82. The molecular formula is C24H20N2O3. The lowest BCUT2D eigenvalue weighted by molar-refractivity contribution is -0.117. The molecule has 2 amide bonds. The molecule has 2 N–H and O–H groups in total. The standard InChI is InChI=1S/C24H20N2O3/c27-22(25-18-8-10-19(11-9-18)26-24(28)16-5-6-16)13-17-14-29-21-12-7-15-3-1-2-4-20(15)23(17)21/h1-4,7-12,14,16H,5-6,13H2,(H,25,27)(H,26,28). The van der Waals surface area contributed by atoms with Crippen LogP contribution in [0.15, 0.2) is 71.3 Å². The summed E-state index contributed by atoms with van der Waals surface area (Å²) < 4.78 is 5.67. The monoisotopic (exact) mass is 384 g/mol. The maximum absolute atomic E-state index is 12.6. The van der Waals surface area contributed by atoms with Gasteiger partial charge in [-0.05, 0) is 53.9 Å². The van der Waals surface area contributed by atoms with Gasteiger partial charge in [-0.15, -0.1) is 0 Å². The van der Waals surface area contributed by atoms with Gasteiger partial charge < -0.3 is 15.1 Å². The molecule has 0 unspecified atom stereocenters. The fourth-order valence-electron chi connectivity index (χ4n) is 3.61. The Hall–Kier alpha value is -3.60. The molecule has 1 heterocycles. The van der Waals surface area contributed by atoms with Gasteiger partial charge in [-0.25, -0.2) is 0 Å². The Morgan fingerprint density at radius 3 is 2.38 bits per heavy atom. The van der Waals surface area contributed by atoms with Gasteiger partial charge in [0.15, 0.2) is 0 Å². The Morgan fingerprint density at radius 1 is 0.897 bits per heavy atom. The predicted octanol–water partition coefficient (Wildman–Crippen LogP) is 5.12. The van der Waals surface area contributed by atoms with Crippen LogP contribution in [-0.2, 0) is 16.0 Å². The normalized spacial score (nSPS) is 13.5. The molecule has 1 aromatic heterocycles. The number of hydrogen-bond acceptors (Lipinski definition) is 3. The lowest BCUT2D eigenvalue weighted by Gasteiger charge is -2.08. The third kappa shape index (κ3) is 3.59. The largest absolute Gasteiger partial charge is 0.464 e. The zero-order chi connectivity index (χ0) is 19.8. The van der Waals surface area contributed by atoms with Crippen molar-refractivity contribution in [1.29, 1.82) is 0 Å². The van der Waals surface area contributed by atoms with E-state index in [2.05, 4.69) is 16.7 Å². The van der Waals surface area contributed by atoms with Crippen LogP contribution in [0.4, 0.5) is 11.4 Å². The van der Waals surface area contributed by atoms with Crippen LogP contribution in [0.5, 0.6) is 0 Å². The second-order valence-electron chi connectivity index (χ2n) is 7.49. The highest BCUT2D eigenvalue weighted by atomic mass is 16.3. The molecule has 29 heavy (non-hydrogen) atoms. The molecule has 5 rings (SSSR count). The molecule has 1 fully saturated rings. The molecule has 0 bridgehead atoms. The van der Waals surface area contributed by atoms with Crippen molar-refractivity contribution in [2.45, 2.75) is 19.3 Å². The molecule has 0 radical (unpaired) electrons. The number of carbonyl (C=O) groups is 2. The number of benzene rings is 3. The van der Waals surface area contributed by atoms with E-state index in [0.29, 0.717) is 5.69 Å². The van der Waals surface area contributed by atoms with E-state index in [1.165, 1.54) is 0 Å². The van der Waals surface area contributed by atoms with E-state index in [0.717, 1.165) is 45.8 Å². The minimum absolute atomic E-state index is 0.0702. The number of carbonyl (C=O) groups excluding carboxylic acids is 2. The summed E-state index contributed by atoms with van der Waals surface area (Å²) in [6.45, 7) is 0. The van der Waals surface area contributed by atoms with E-state index in [1.807, 2.05) is 30.3 Å². The Labute approximate surface area is 167 Å². The topological polar surface area (TPSA) is 71.3 Å². The SMILES string of the molecule is O=C(Cc1coc2ccc3ccccc3c12)Nc1ccc(NC(=O)C2CC2)cc1.